The van der Waals surface area contributed by atoms with Crippen LogP contribution in [0, 0.1) is 11.3 Å². The first-order chi connectivity index (χ1) is 12.5. The van der Waals surface area contributed by atoms with Crippen molar-refractivity contribution in [3.05, 3.63) is 58.6 Å². The largest absolute Gasteiger partial charge is 0.308 e. The number of benzene rings is 2. The van der Waals surface area contributed by atoms with Gasteiger partial charge in [-0.05, 0) is 50.5 Å². The fourth-order valence-electron chi connectivity index (χ4n) is 2.45. The Morgan fingerprint density at radius 3 is 2.48 bits per heavy atom. The van der Waals surface area contributed by atoms with Crippen LogP contribution in [0.25, 0.3) is 10.2 Å². The predicted molar refractivity (Wildman–Crippen MR) is 113 cm³/mol. The lowest BCUT2D eigenvalue weighted by Crippen LogP contribution is -2.36. The van der Waals surface area contributed by atoms with Gasteiger partial charge in [-0.2, -0.15) is 5.26 Å². The van der Waals surface area contributed by atoms with E-state index in [1.807, 2.05) is 31.1 Å². The summed E-state index contributed by atoms with van der Waals surface area (Å²) in [4.78, 5) is 21.4. The van der Waals surface area contributed by atoms with Crippen molar-refractivity contribution in [2.75, 3.05) is 32.1 Å². The molecule has 2 aromatic carbocycles. The molecule has 0 saturated carbocycles. The average Bonchev–Trinajstić information content (AvgIpc) is 3.07. The lowest BCUT2D eigenvalue weighted by Gasteiger charge is -2.22. The fourth-order valence-corrected chi connectivity index (χ4v) is 3.74. The first kappa shape index (κ1) is 21.1. The molecule has 1 heterocycles. The summed E-state index contributed by atoms with van der Waals surface area (Å²) in [5.41, 5.74) is 1.75. The Morgan fingerprint density at radius 2 is 1.89 bits per heavy atom. The molecule has 140 valence electrons. The molecule has 1 amide bonds. The summed E-state index contributed by atoms with van der Waals surface area (Å²) < 4.78 is 0.940. The van der Waals surface area contributed by atoms with E-state index in [0.29, 0.717) is 39.9 Å². The van der Waals surface area contributed by atoms with E-state index in [-0.39, 0.29) is 18.3 Å². The number of aromatic nitrogens is 1. The monoisotopic (exact) mass is 420 g/mol. The number of amides is 1. The van der Waals surface area contributed by atoms with Gasteiger partial charge in [0, 0.05) is 18.7 Å². The van der Waals surface area contributed by atoms with Crippen molar-refractivity contribution in [1.82, 2.24) is 9.88 Å². The van der Waals surface area contributed by atoms with Gasteiger partial charge in [-0.15, -0.1) is 12.4 Å². The molecule has 3 rings (SSSR count). The molecule has 27 heavy (non-hydrogen) atoms. The van der Waals surface area contributed by atoms with E-state index in [0.717, 1.165) is 4.70 Å². The molecule has 0 aliphatic carbocycles. The number of anilines is 1. The van der Waals surface area contributed by atoms with E-state index in [9.17, 15) is 4.79 Å². The molecule has 0 fully saturated rings. The van der Waals surface area contributed by atoms with E-state index in [1.54, 1.807) is 35.2 Å². The van der Waals surface area contributed by atoms with Gasteiger partial charge in [-0.1, -0.05) is 29.0 Å². The van der Waals surface area contributed by atoms with Crippen LogP contribution >= 0.6 is 35.3 Å². The van der Waals surface area contributed by atoms with Crippen LogP contribution in [0.5, 0.6) is 0 Å². The zero-order valence-corrected chi connectivity index (χ0v) is 17.2. The summed E-state index contributed by atoms with van der Waals surface area (Å²) in [7, 11) is 3.92. The van der Waals surface area contributed by atoms with Crippen molar-refractivity contribution in [3.63, 3.8) is 0 Å². The van der Waals surface area contributed by atoms with Crippen molar-refractivity contribution < 1.29 is 4.79 Å². The second kappa shape index (κ2) is 9.16. The molecule has 0 aliphatic heterocycles. The summed E-state index contributed by atoms with van der Waals surface area (Å²) >= 11 is 7.67. The Labute approximate surface area is 173 Å². The van der Waals surface area contributed by atoms with Gasteiger partial charge < -0.3 is 4.90 Å². The van der Waals surface area contributed by atoms with Gasteiger partial charge in [0.25, 0.3) is 5.91 Å². The van der Waals surface area contributed by atoms with Gasteiger partial charge in [0.1, 0.15) is 5.52 Å². The summed E-state index contributed by atoms with van der Waals surface area (Å²) in [5.74, 6) is -0.147. The van der Waals surface area contributed by atoms with Crippen LogP contribution in [-0.4, -0.2) is 43.0 Å². The SMILES string of the molecule is CN(C)CCN(C(=O)c1ccc(C#N)cc1)c1nc2c(Cl)cccc2s1.Cl. The predicted octanol–water partition coefficient (Wildman–Crippen LogP) is 4.45. The highest BCUT2D eigenvalue weighted by Crippen LogP contribution is 2.33. The maximum atomic E-state index is 13.1. The van der Waals surface area contributed by atoms with Crippen molar-refractivity contribution in [3.8, 4) is 6.07 Å². The highest BCUT2D eigenvalue weighted by atomic mass is 35.5. The Kier molecular flexibility index (Phi) is 7.17. The molecule has 0 aliphatic rings. The molecule has 0 N–H and O–H groups in total. The van der Waals surface area contributed by atoms with Crippen molar-refractivity contribution in [1.29, 1.82) is 5.26 Å². The third-order valence-electron chi connectivity index (χ3n) is 3.87. The maximum absolute atomic E-state index is 13.1. The molecule has 0 bridgehead atoms. The summed E-state index contributed by atoms with van der Waals surface area (Å²) in [5, 5.41) is 10.1. The fraction of sp³-hybridized carbons (Fsp3) is 0.211. The molecule has 0 spiro atoms. The molecule has 0 radical (unpaired) electrons. The molecule has 1 aromatic heterocycles. The number of nitrogens with zero attached hydrogens (tertiary/aromatic N) is 4. The number of fused-ring (bicyclic) bond motifs is 1. The van der Waals surface area contributed by atoms with Crippen LogP contribution in [0.4, 0.5) is 5.13 Å². The number of nitriles is 1. The summed E-state index contributed by atoms with van der Waals surface area (Å²) in [6.45, 7) is 1.20. The molecule has 5 nitrogen and oxygen atoms in total. The van der Waals surface area contributed by atoms with Gasteiger partial charge in [0.15, 0.2) is 5.13 Å². The van der Waals surface area contributed by atoms with Crippen LogP contribution in [0.15, 0.2) is 42.5 Å². The Bertz CT molecular complexity index is 980. The van der Waals surface area contributed by atoms with E-state index in [2.05, 4.69) is 11.1 Å². The van der Waals surface area contributed by atoms with Crippen LogP contribution in [0.2, 0.25) is 5.02 Å². The summed E-state index contributed by atoms with van der Waals surface area (Å²) in [6.07, 6.45) is 0. The third-order valence-corrected chi connectivity index (χ3v) is 5.21. The summed E-state index contributed by atoms with van der Waals surface area (Å²) in [6, 6.07) is 14.3. The Hall–Kier alpha value is -2.17. The van der Waals surface area contributed by atoms with Crippen LogP contribution < -0.4 is 4.90 Å². The molecule has 0 atom stereocenters. The zero-order chi connectivity index (χ0) is 18.7. The number of likely N-dealkylation sites (N-methyl/N-ethyl adjacent to an activating group) is 1. The quantitative estimate of drug-likeness (QED) is 0.611. The average molecular weight is 421 g/mol. The standard InChI is InChI=1S/C19H17ClN4OS.ClH/c1-23(2)10-11-24(18(25)14-8-6-13(12-21)7-9-14)19-22-17-15(20)4-3-5-16(17)26-19;/h3-9H,10-11H2,1-2H3;1H. The first-order valence-corrected chi connectivity index (χ1v) is 9.21. The number of carbonyl (C=O) groups is 1. The highest BCUT2D eigenvalue weighted by molar-refractivity contribution is 7.22. The molecule has 8 heteroatoms. The number of carbonyl (C=O) groups excluding carboxylic acids is 1. The lowest BCUT2D eigenvalue weighted by atomic mass is 10.1. The minimum Gasteiger partial charge on any atom is -0.308 e. The smallest absolute Gasteiger partial charge is 0.260 e. The number of para-hydroxylation sites is 1. The van der Waals surface area contributed by atoms with Crippen molar-refractivity contribution in [2.45, 2.75) is 0 Å². The second-order valence-corrected chi connectivity index (χ2v) is 7.45. The maximum Gasteiger partial charge on any atom is 0.260 e. The highest BCUT2D eigenvalue weighted by Gasteiger charge is 2.22. The minimum absolute atomic E-state index is 0. The Morgan fingerprint density at radius 1 is 1.19 bits per heavy atom. The van der Waals surface area contributed by atoms with Crippen molar-refractivity contribution in [2.24, 2.45) is 0 Å². The molecular weight excluding hydrogens is 403 g/mol. The van der Waals surface area contributed by atoms with Crippen LogP contribution in [0.3, 0.4) is 0 Å². The number of halogens is 2. The Balaban J connectivity index is 0.00000261. The minimum atomic E-state index is -0.147. The lowest BCUT2D eigenvalue weighted by molar-refractivity contribution is 0.0985. The number of hydrogen-bond acceptors (Lipinski definition) is 5. The second-order valence-electron chi connectivity index (χ2n) is 6.03. The topological polar surface area (TPSA) is 60.2 Å². The van der Waals surface area contributed by atoms with Gasteiger partial charge >= 0.3 is 0 Å². The third kappa shape index (κ3) is 4.76. The number of hydrogen-bond donors (Lipinski definition) is 0. The van der Waals surface area contributed by atoms with Gasteiger partial charge in [-0.3, -0.25) is 9.69 Å². The van der Waals surface area contributed by atoms with E-state index >= 15 is 0 Å². The van der Waals surface area contributed by atoms with Gasteiger partial charge in [0.2, 0.25) is 0 Å². The molecule has 3 aromatic rings. The molecule has 0 saturated heterocycles. The van der Waals surface area contributed by atoms with Crippen molar-refractivity contribution >= 4 is 56.6 Å². The van der Waals surface area contributed by atoms with Gasteiger partial charge in [-0.25, -0.2) is 4.98 Å². The van der Waals surface area contributed by atoms with E-state index < -0.39 is 0 Å². The normalized spacial score (nSPS) is 10.5. The number of thiazole rings is 1. The number of rotatable bonds is 5. The molecular formula is C19H18Cl2N4OS. The van der Waals surface area contributed by atoms with Gasteiger partial charge in [0.05, 0.1) is 21.4 Å². The first-order valence-electron chi connectivity index (χ1n) is 8.01. The van der Waals surface area contributed by atoms with E-state index in [1.165, 1.54) is 11.3 Å². The van der Waals surface area contributed by atoms with Crippen LogP contribution in [0.1, 0.15) is 15.9 Å². The molecule has 0 unspecified atom stereocenters. The zero-order valence-electron chi connectivity index (χ0n) is 14.8. The van der Waals surface area contributed by atoms with Crippen LogP contribution in [-0.2, 0) is 0 Å². The van der Waals surface area contributed by atoms with E-state index in [4.69, 9.17) is 16.9 Å².